The van der Waals surface area contributed by atoms with Crippen molar-refractivity contribution >= 4 is 73.9 Å². The van der Waals surface area contributed by atoms with E-state index >= 15 is 0 Å². The van der Waals surface area contributed by atoms with Gasteiger partial charge in [0.1, 0.15) is 12.6 Å². The lowest BCUT2D eigenvalue weighted by Crippen LogP contribution is -2.53. The first-order valence-corrected chi connectivity index (χ1v) is 15.9. The van der Waals surface area contributed by atoms with Crippen LogP contribution >= 0.6 is 46.4 Å². The van der Waals surface area contributed by atoms with Gasteiger partial charge in [-0.05, 0) is 67.8 Å². The molecule has 2 unspecified atom stereocenters. The molecule has 12 heteroatoms. The van der Waals surface area contributed by atoms with Crippen molar-refractivity contribution in [1.82, 2.24) is 10.2 Å². The lowest BCUT2D eigenvalue weighted by atomic mass is 10.1. The number of carbonyl (C=O) groups excluding carboxylic acids is 2. The van der Waals surface area contributed by atoms with E-state index in [4.69, 9.17) is 46.4 Å². The Morgan fingerprint density at radius 2 is 1.54 bits per heavy atom. The van der Waals surface area contributed by atoms with Crippen LogP contribution in [-0.4, -0.2) is 43.8 Å². The fourth-order valence-corrected chi connectivity index (χ4v) is 6.27. The molecule has 3 aromatic rings. The molecule has 0 aliphatic heterocycles. The summed E-state index contributed by atoms with van der Waals surface area (Å²) in [7, 11) is -4.23. The number of sulfonamides is 1. The molecule has 2 atom stereocenters. The zero-order valence-electron chi connectivity index (χ0n) is 22.8. The fraction of sp³-hybridized carbons (Fsp3) is 0.310. The minimum absolute atomic E-state index is 0.0206. The average molecular weight is 659 g/mol. The summed E-state index contributed by atoms with van der Waals surface area (Å²) in [4.78, 5) is 28.8. The highest BCUT2D eigenvalue weighted by atomic mass is 35.5. The first kappa shape index (κ1) is 33.0. The minimum Gasteiger partial charge on any atom is -0.352 e. The van der Waals surface area contributed by atoms with Gasteiger partial charge >= 0.3 is 0 Å². The van der Waals surface area contributed by atoms with Crippen molar-refractivity contribution in [2.45, 2.75) is 57.1 Å². The van der Waals surface area contributed by atoms with Crippen LogP contribution in [0.2, 0.25) is 20.1 Å². The maximum absolute atomic E-state index is 14.1. The second-order valence-corrected chi connectivity index (χ2v) is 12.9. The lowest BCUT2D eigenvalue weighted by molar-refractivity contribution is -0.140. The number of nitrogens with one attached hydrogen (secondary N) is 1. The third-order valence-electron chi connectivity index (χ3n) is 6.54. The van der Waals surface area contributed by atoms with Gasteiger partial charge in [-0.3, -0.25) is 13.9 Å². The number of hydrogen-bond acceptors (Lipinski definition) is 4. The summed E-state index contributed by atoms with van der Waals surface area (Å²) in [5, 5.41) is 4.00. The molecule has 41 heavy (non-hydrogen) atoms. The van der Waals surface area contributed by atoms with E-state index in [0.717, 1.165) is 4.31 Å². The summed E-state index contributed by atoms with van der Waals surface area (Å²) >= 11 is 24.9. The Labute approximate surface area is 261 Å². The van der Waals surface area contributed by atoms with Gasteiger partial charge in [0.05, 0.1) is 20.6 Å². The van der Waals surface area contributed by atoms with Gasteiger partial charge in [0.15, 0.2) is 0 Å². The predicted molar refractivity (Wildman–Crippen MR) is 166 cm³/mol. The molecule has 0 heterocycles. The number of halogens is 4. The molecule has 0 spiro atoms. The number of amides is 2. The smallest absolute Gasteiger partial charge is 0.264 e. The molecule has 2 amide bonds. The van der Waals surface area contributed by atoms with E-state index < -0.39 is 28.5 Å². The summed E-state index contributed by atoms with van der Waals surface area (Å²) in [5.74, 6) is -0.972. The van der Waals surface area contributed by atoms with E-state index in [1.165, 1.54) is 35.2 Å². The Kier molecular flexibility index (Phi) is 11.8. The third kappa shape index (κ3) is 8.30. The molecular weight excluding hydrogens is 628 g/mol. The number of rotatable bonds is 12. The van der Waals surface area contributed by atoms with E-state index in [1.54, 1.807) is 43.3 Å². The van der Waals surface area contributed by atoms with Crippen LogP contribution in [0.1, 0.15) is 39.2 Å². The Hall–Kier alpha value is -2.49. The molecule has 0 bridgehead atoms. The van der Waals surface area contributed by atoms with Crippen LogP contribution in [0.3, 0.4) is 0 Å². The summed E-state index contributed by atoms with van der Waals surface area (Å²) in [6.07, 6.45) is 0.969. The van der Waals surface area contributed by atoms with Gasteiger partial charge in [-0.1, -0.05) is 84.5 Å². The van der Waals surface area contributed by atoms with Crippen molar-refractivity contribution in [2.24, 2.45) is 0 Å². The molecule has 3 rings (SSSR count). The van der Waals surface area contributed by atoms with Gasteiger partial charge in [0.25, 0.3) is 10.0 Å². The standard InChI is InChI=1S/C29H31Cl4N3O4S/c1-4-19(3)34-29(38)27(5-2)35(17-20-11-12-21(30)15-25(20)32)28(37)18-36(22-13-14-24(31)26(33)16-22)41(39,40)23-9-7-6-8-10-23/h6-16,19,27H,4-5,17-18H2,1-3H3,(H,34,38). The first-order chi connectivity index (χ1) is 19.4. The topological polar surface area (TPSA) is 86.8 Å². The lowest BCUT2D eigenvalue weighted by Gasteiger charge is -2.34. The molecule has 0 saturated carbocycles. The third-order valence-corrected chi connectivity index (χ3v) is 9.66. The van der Waals surface area contributed by atoms with Gasteiger partial charge < -0.3 is 10.2 Å². The number of anilines is 1. The van der Waals surface area contributed by atoms with E-state index in [2.05, 4.69) is 5.32 Å². The Bertz CT molecular complexity index is 1490. The molecule has 7 nitrogen and oxygen atoms in total. The molecule has 220 valence electrons. The SMILES string of the molecule is CCC(C)NC(=O)C(CC)N(Cc1ccc(Cl)cc1Cl)C(=O)CN(c1ccc(Cl)c(Cl)c1)S(=O)(=O)c1ccccc1. The molecule has 0 aliphatic carbocycles. The van der Waals surface area contributed by atoms with E-state index in [0.29, 0.717) is 22.0 Å². The fourth-order valence-electron chi connectivity index (χ4n) is 4.08. The van der Waals surface area contributed by atoms with Crippen LogP contribution in [0.15, 0.2) is 71.6 Å². The molecule has 0 fully saturated rings. The average Bonchev–Trinajstić information content (AvgIpc) is 2.94. The summed E-state index contributed by atoms with van der Waals surface area (Å²) in [6, 6.07) is 15.8. The Morgan fingerprint density at radius 3 is 2.12 bits per heavy atom. The number of carbonyl (C=O) groups is 2. The van der Waals surface area contributed by atoms with Crippen LogP contribution in [0, 0.1) is 0 Å². The monoisotopic (exact) mass is 657 g/mol. The van der Waals surface area contributed by atoms with Gasteiger partial charge in [0.2, 0.25) is 11.8 Å². The minimum atomic E-state index is -4.23. The van der Waals surface area contributed by atoms with E-state index in [1.807, 2.05) is 13.8 Å². The Balaban J connectivity index is 2.10. The van der Waals surface area contributed by atoms with Crippen LogP contribution in [-0.2, 0) is 26.2 Å². The molecule has 3 aromatic carbocycles. The van der Waals surface area contributed by atoms with Crippen LogP contribution in [0.4, 0.5) is 5.69 Å². The van der Waals surface area contributed by atoms with Crippen molar-refractivity contribution in [3.63, 3.8) is 0 Å². The van der Waals surface area contributed by atoms with E-state index in [-0.39, 0.29) is 45.5 Å². The number of benzene rings is 3. The first-order valence-electron chi connectivity index (χ1n) is 13.0. The molecule has 1 N–H and O–H groups in total. The van der Waals surface area contributed by atoms with Crippen molar-refractivity contribution in [1.29, 1.82) is 0 Å². The highest BCUT2D eigenvalue weighted by Gasteiger charge is 2.34. The van der Waals surface area contributed by atoms with Crippen molar-refractivity contribution in [2.75, 3.05) is 10.8 Å². The van der Waals surface area contributed by atoms with Gasteiger partial charge in [-0.15, -0.1) is 0 Å². The normalized spacial score (nSPS) is 12.9. The molecule has 0 aliphatic rings. The van der Waals surface area contributed by atoms with Gasteiger partial charge in [-0.2, -0.15) is 0 Å². The quantitative estimate of drug-likeness (QED) is 0.223. The predicted octanol–water partition coefficient (Wildman–Crippen LogP) is 7.22. The Morgan fingerprint density at radius 1 is 0.854 bits per heavy atom. The molecule has 0 aromatic heterocycles. The molecule has 0 radical (unpaired) electrons. The summed E-state index contributed by atoms with van der Waals surface area (Å²) < 4.78 is 28.7. The summed E-state index contributed by atoms with van der Waals surface area (Å²) in [5.41, 5.74) is 0.685. The second kappa shape index (κ2) is 14.6. The number of hydrogen-bond donors (Lipinski definition) is 1. The largest absolute Gasteiger partial charge is 0.352 e. The van der Waals surface area contributed by atoms with Crippen molar-refractivity contribution < 1.29 is 18.0 Å². The van der Waals surface area contributed by atoms with Gasteiger partial charge in [-0.25, -0.2) is 8.42 Å². The summed E-state index contributed by atoms with van der Waals surface area (Å²) in [6.45, 7) is 4.91. The maximum atomic E-state index is 14.1. The molecular formula is C29H31Cl4N3O4S. The van der Waals surface area contributed by atoms with Gasteiger partial charge in [0, 0.05) is 22.6 Å². The van der Waals surface area contributed by atoms with Crippen LogP contribution in [0.5, 0.6) is 0 Å². The van der Waals surface area contributed by atoms with Crippen molar-refractivity contribution in [3.8, 4) is 0 Å². The second-order valence-electron chi connectivity index (χ2n) is 9.42. The maximum Gasteiger partial charge on any atom is 0.264 e. The van der Waals surface area contributed by atoms with E-state index in [9.17, 15) is 18.0 Å². The highest BCUT2D eigenvalue weighted by molar-refractivity contribution is 7.92. The zero-order chi connectivity index (χ0) is 30.3. The number of nitrogens with zero attached hydrogens (tertiary/aromatic N) is 2. The van der Waals surface area contributed by atoms with Crippen molar-refractivity contribution in [3.05, 3.63) is 92.4 Å². The molecule has 0 saturated heterocycles. The highest BCUT2D eigenvalue weighted by Crippen LogP contribution is 2.31. The zero-order valence-corrected chi connectivity index (χ0v) is 26.6. The van der Waals surface area contributed by atoms with Crippen LogP contribution in [0.25, 0.3) is 0 Å². The van der Waals surface area contributed by atoms with Crippen LogP contribution < -0.4 is 9.62 Å².